The number of benzene rings is 2. The molecule has 4 nitrogen and oxygen atoms in total. The minimum atomic E-state index is 0.459. The number of hydrogen-bond acceptors (Lipinski definition) is 4. The fourth-order valence-electron chi connectivity index (χ4n) is 2.34. The lowest BCUT2D eigenvalue weighted by Gasteiger charge is -2.12. The van der Waals surface area contributed by atoms with Crippen LogP contribution in [0.15, 0.2) is 36.4 Å². The molecule has 0 spiro atoms. The van der Waals surface area contributed by atoms with E-state index < -0.39 is 0 Å². The summed E-state index contributed by atoms with van der Waals surface area (Å²) in [5, 5.41) is 0.773. The SMILES string of the molecule is CCc1cc(OCCOCCOc2ccc(C)cc2OC)ccc1Cl. The van der Waals surface area contributed by atoms with E-state index in [0.29, 0.717) is 26.4 Å². The lowest BCUT2D eigenvalue weighted by Crippen LogP contribution is -2.12. The average molecular weight is 365 g/mol. The molecule has 0 atom stereocenters. The zero-order valence-electron chi connectivity index (χ0n) is 15.0. The van der Waals surface area contributed by atoms with Crippen LogP contribution in [0.5, 0.6) is 17.2 Å². The zero-order chi connectivity index (χ0) is 18.1. The lowest BCUT2D eigenvalue weighted by molar-refractivity contribution is 0.0757. The van der Waals surface area contributed by atoms with E-state index in [9.17, 15) is 0 Å². The first-order valence-corrected chi connectivity index (χ1v) is 8.78. The van der Waals surface area contributed by atoms with Crippen molar-refractivity contribution in [2.24, 2.45) is 0 Å². The van der Waals surface area contributed by atoms with Crippen molar-refractivity contribution >= 4 is 11.6 Å². The predicted molar refractivity (Wildman–Crippen MR) is 100 cm³/mol. The third-order valence-corrected chi connectivity index (χ3v) is 4.07. The molecular weight excluding hydrogens is 340 g/mol. The Balaban J connectivity index is 1.64. The molecule has 25 heavy (non-hydrogen) atoms. The zero-order valence-corrected chi connectivity index (χ0v) is 15.8. The van der Waals surface area contributed by atoms with Gasteiger partial charge in [-0.05, 0) is 54.8 Å². The number of rotatable bonds is 10. The maximum absolute atomic E-state index is 6.09. The first-order chi connectivity index (χ1) is 12.1. The summed E-state index contributed by atoms with van der Waals surface area (Å²) in [7, 11) is 1.64. The molecule has 0 aliphatic heterocycles. The summed E-state index contributed by atoms with van der Waals surface area (Å²) < 4.78 is 22.2. The van der Waals surface area contributed by atoms with E-state index in [0.717, 1.165) is 39.8 Å². The highest BCUT2D eigenvalue weighted by Crippen LogP contribution is 2.27. The van der Waals surface area contributed by atoms with Crippen LogP contribution >= 0.6 is 11.6 Å². The Hall–Kier alpha value is -1.91. The molecular formula is C20H25ClO4. The topological polar surface area (TPSA) is 36.9 Å². The molecule has 0 fully saturated rings. The maximum Gasteiger partial charge on any atom is 0.161 e. The molecule has 0 N–H and O–H groups in total. The van der Waals surface area contributed by atoms with Crippen LogP contribution in [0.2, 0.25) is 5.02 Å². The van der Waals surface area contributed by atoms with E-state index in [4.69, 9.17) is 30.5 Å². The van der Waals surface area contributed by atoms with Gasteiger partial charge >= 0.3 is 0 Å². The minimum Gasteiger partial charge on any atom is -0.493 e. The molecule has 0 bridgehead atoms. The first-order valence-electron chi connectivity index (χ1n) is 8.40. The van der Waals surface area contributed by atoms with Crippen molar-refractivity contribution in [3.05, 3.63) is 52.5 Å². The first kappa shape index (κ1) is 19.4. The van der Waals surface area contributed by atoms with Gasteiger partial charge in [-0.15, -0.1) is 0 Å². The van der Waals surface area contributed by atoms with Crippen molar-refractivity contribution in [3.8, 4) is 17.2 Å². The van der Waals surface area contributed by atoms with Crippen LogP contribution in [0.25, 0.3) is 0 Å². The molecule has 0 aromatic heterocycles. The van der Waals surface area contributed by atoms with Crippen molar-refractivity contribution in [1.29, 1.82) is 0 Å². The molecule has 2 aromatic carbocycles. The molecule has 136 valence electrons. The second kappa shape index (κ2) is 10.2. The lowest BCUT2D eigenvalue weighted by atomic mass is 10.1. The Morgan fingerprint density at radius 2 is 1.64 bits per heavy atom. The molecule has 0 amide bonds. The maximum atomic E-state index is 6.09. The van der Waals surface area contributed by atoms with Crippen LogP contribution in [0.1, 0.15) is 18.1 Å². The summed E-state index contributed by atoms with van der Waals surface area (Å²) in [4.78, 5) is 0. The van der Waals surface area contributed by atoms with E-state index in [1.165, 1.54) is 0 Å². The molecule has 0 aliphatic carbocycles. The Kier molecular flexibility index (Phi) is 7.89. The molecule has 0 saturated heterocycles. The summed E-state index contributed by atoms with van der Waals surface area (Å²) in [6, 6.07) is 11.5. The van der Waals surface area contributed by atoms with Gasteiger partial charge < -0.3 is 18.9 Å². The van der Waals surface area contributed by atoms with Gasteiger partial charge in [-0.2, -0.15) is 0 Å². The summed E-state index contributed by atoms with van der Waals surface area (Å²) in [6.45, 7) is 6.01. The van der Waals surface area contributed by atoms with Crippen LogP contribution in [0.3, 0.4) is 0 Å². The van der Waals surface area contributed by atoms with Gasteiger partial charge in [-0.25, -0.2) is 0 Å². The molecule has 0 heterocycles. The van der Waals surface area contributed by atoms with E-state index in [2.05, 4.69) is 6.92 Å². The Bertz CT molecular complexity index is 673. The second-order valence-electron chi connectivity index (χ2n) is 5.57. The fourth-order valence-corrected chi connectivity index (χ4v) is 2.59. The Morgan fingerprint density at radius 3 is 2.36 bits per heavy atom. The fraction of sp³-hybridized carbons (Fsp3) is 0.400. The molecule has 2 aromatic rings. The average Bonchev–Trinajstić information content (AvgIpc) is 2.63. The van der Waals surface area contributed by atoms with E-state index in [-0.39, 0.29) is 0 Å². The van der Waals surface area contributed by atoms with Crippen molar-refractivity contribution in [2.45, 2.75) is 20.3 Å². The third-order valence-electron chi connectivity index (χ3n) is 3.70. The summed E-state index contributed by atoms with van der Waals surface area (Å²) in [6.07, 6.45) is 0.881. The largest absolute Gasteiger partial charge is 0.493 e. The van der Waals surface area contributed by atoms with Crippen LogP contribution < -0.4 is 14.2 Å². The summed E-state index contributed by atoms with van der Waals surface area (Å²) in [5.41, 5.74) is 2.21. The van der Waals surface area contributed by atoms with Gasteiger partial charge in [0.1, 0.15) is 19.0 Å². The van der Waals surface area contributed by atoms with Gasteiger partial charge in [0.05, 0.1) is 20.3 Å². The van der Waals surface area contributed by atoms with Gasteiger partial charge in [0, 0.05) is 5.02 Å². The molecule has 2 rings (SSSR count). The van der Waals surface area contributed by atoms with Crippen molar-refractivity contribution in [3.63, 3.8) is 0 Å². The molecule has 0 saturated carbocycles. The number of hydrogen-bond donors (Lipinski definition) is 0. The molecule has 0 unspecified atom stereocenters. The predicted octanol–water partition coefficient (Wildman–Crippen LogP) is 4.69. The van der Waals surface area contributed by atoms with Crippen LogP contribution in [0, 0.1) is 6.92 Å². The minimum absolute atomic E-state index is 0.459. The second-order valence-corrected chi connectivity index (χ2v) is 5.98. The number of methoxy groups -OCH3 is 1. The molecule has 5 heteroatoms. The van der Waals surface area contributed by atoms with Crippen molar-refractivity contribution < 1.29 is 18.9 Å². The standard InChI is InChI=1S/C20H25ClO4/c1-4-16-14-17(6-7-18(16)21)24-11-9-23-10-12-25-19-8-5-15(2)13-20(19)22-3/h5-8,13-14H,4,9-12H2,1-3H3. The van der Waals surface area contributed by atoms with Crippen LogP contribution in [-0.2, 0) is 11.2 Å². The van der Waals surface area contributed by atoms with Crippen LogP contribution in [-0.4, -0.2) is 33.5 Å². The van der Waals surface area contributed by atoms with Gasteiger partial charge in [0.15, 0.2) is 11.5 Å². The highest BCUT2D eigenvalue weighted by atomic mass is 35.5. The van der Waals surface area contributed by atoms with Crippen molar-refractivity contribution in [2.75, 3.05) is 33.5 Å². The number of halogens is 1. The Morgan fingerprint density at radius 1 is 0.880 bits per heavy atom. The molecule has 0 radical (unpaired) electrons. The highest BCUT2D eigenvalue weighted by Gasteiger charge is 2.04. The normalized spacial score (nSPS) is 10.6. The van der Waals surface area contributed by atoms with Crippen LogP contribution in [0.4, 0.5) is 0 Å². The summed E-state index contributed by atoms with van der Waals surface area (Å²) in [5.74, 6) is 2.27. The van der Waals surface area contributed by atoms with Gasteiger partial charge in [0.2, 0.25) is 0 Å². The van der Waals surface area contributed by atoms with Gasteiger partial charge in [0.25, 0.3) is 0 Å². The monoisotopic (exact) mass is 364 g/mol. The highest BCUT2D eigenvalue weighted by molar-refractivity contribution is 6.31. The number of aryl methyl sites for hydroxylation is 2. The Labute approximate surface area is 154 Å². The third kappa shape index (κ3) is 6.15. The van der Waals surface area contributed by atoms with Gasteiger partial charge in [-0.1, -0.05) is 24.6 Å². The summed E-state index contributed by atoms with van der Waals surface area (Å²) >= 11 is 6.09. The van der Waals surface area contributed by atoms with E-state index in [1.54, 1.807) is 7.11 Å². The van der Waals surface area contributed by atoms with E-state index >= 15 is 0 Å². The quantitative estimate of drug-likeness (QED) is 0.573. The smallest absolute Gasteiger partial charge is 0.161 e. The van der Waals surface area contributed by atoms with E-state index in [1.807, 2.05) is 43.3 Å². The number of ether oxygens (including phenoxy) is 4. The van der Waals surface area contributed by atoms with Crippen molar-refractivity contribution in [1.82, 2.24) is 0 Å². The molecule has 0 aliphatic rings. The van der Waals surface area contributed by atoms with Gasteiger partial charge in [-0.3, -0.25) is 0 Å².